The summed E-state index contributed by atoms with van der Waals surface area (Å²) in [4.78, 5) is 0. The zero-order chi connectivity index (χ0) is 16.4. The molecule has 4 aromatic carbocycles. The predicted molar refractivity (Wildman–Crippen MR) is 103 cm³/mol. The Labute approximate surface area is 142 Å². The largest absolute Gasteiger partial charge is 0.0622 e. The Morgan fingerprint density at radius 3 is 2.12 bits per heavy atom. The molecular weight excluding hydrogens is 288 g/mol. The highest BCUT2D eigenvalue weighted by Crippen LogP contribution is 2.27. The minimum Gasteiger partial charge on any atom is -0.0622 e. The van der Waals surface area contributed by atoms with E-state index in [9.17, 15) is 0 Å². The van der Waals surface area contributed by atoms with E-state index in [1.54, 1.807) is 0 Å². The average molecular weight is 306 g/mol. The number of aryl methyl sites for hydroxylation is 1. The first-order valence-electron chi connectivity index (χ1n) is 8.36. The van der Waals surface area contributed by atoms with Crippen LogP contribution in [0.4, 0.5) is 0 Å². The molecule has 0 heteroatoms. The third-order valence-corrected chi connectivity index (χ3v) is 4.46. The van der Waals surface area contributed by atoms with Crippen LogP contribution in [0.15, 0.2) is 78.9 Å². The maximum atomic E-state index is 3.44. The number of hydrogen-bond acceptors (Lipinski definition) is 0. The van der Waals surface area contributed by atoms with Gasteiger partial charge < -0.3 is 0 Å². The summed E-state index contributed by atoms with van der Waals surface area (Å²) in [7, 11) is 0. The van der Waals surface area contributed by atoms with Crippen molar-refractivity contribution in [3.8, 4) is 11.8 Å². The van der Waals surface area contributed by atoms with Gasteiger partial charge in [-0.3, -0.25) is 0 Å². The lowest BCUT2D eigenvalue weighted by Gasteiger charge is -2.09. The molecule has 24 heavy (non-hydrogen) atoms. The highest BCUT2D eigenvalue weighted by atomic mass is 14.1. The SMILES string of the molecule is CCc1ccc2cc3ccccc3cc2c1C#Cc1ccccc1. The molecule has 0 nitrogen and oxygen atoms in total. The van der Waals surface area contributed by atoms with Crippen molar-refractivity contribution in [1.82, 2.24) is 0 Å². The van der Waals surface area contributed by atoms with Crippen molar-refractivity contribution < 1.29 is 0 Å². The summed E-state index contributed by atoms with van der Waals surface area (Å²) in [5.41, 5.74) is 3.52. The zero-order valence-electron chi connectivity index (χ0n) is 13.7. The van der Waals surface area contributed by atoms with Gasteiger partial charge in [-0.25, -0.2) is 0 Å². The monoisotopic (exact) mass is 306 g/mol. The first kappa shape index (κ1) is 14.5. The van der Waals surface area contributed by atoms with Gasteiger partial charge in [-0.1, -0.05) is 73.4 Å². The molecule has 0 aromatic heterocycles. The molecule has 0 spiro atoms. The molecule has 0 aliphatic carbocycles. The third-order valence-electron chi connectivity index (χ3n) is 4.46. The van der Waals surface area contributed by atoms with Crippen LogP contribution in [0.1, 0.15) is 23.6 Å². The zero-order valence-corrected chi connectivity index (χ0v) is 13.7. The van der Waals surface area contributed by atoms with E-state index in [0.29, 0.717) is 0 Å². The maximum Gasteiger partial charge on any atom is 0.0359 e. The Morgan fingerprint density at radius 2 is 1.38 bits per heavy atom. The second kappa shape index (κ2) is 6.22. The fourth-order valence-electron chi connectivity index (χ4n) is 3.16. The quantitative estimate of drug-likeness (QED) is 0.301. The van der Waals surface area contributed by atoms with Crippen LogP contribution in [0.25, 0.3) is 21.5 Å². The van der Waals surface area contributed by atoms with Gasteiger partial charge in [0.05, 0.1) is 0 Å². The number of hydrogen-bond donors (Lipinski definition) is 0. The molecule has 4 aromatic rings. The normalized spacial score (nSPS) is 10.5. The lowest BCUT2D eigenvalue weighted by atomic mass is 9.95. The van der Waals surface area contributed by atoms with E-state index in [4.69, 9.17) is 0 Å². The third kappa shape index (κ3) is 2.66. The van der Waals surface area contributed by atoms with Crippen LogP contribution in [0.2, 0.25) is 0 Å². The molecule has 0 heterocycles. The fraction of sp³-hybridized carbons (Fsp3) is 0.0833. The first-order valence-corrected chi connectivity index (χ1v) is 8.36. The summed E-state index contributed by atoms with van der Waals surface area (Å²) in [5, 5.41) is 5.04. The van der Waals surface area contributed by atoms with E-state index >= 15 is 0 Å². The summed E-state index contributed by atoms with van der Waals surface area (Å²) in [6, 6.07) is 27.7. The van der Waals surface area contributed by atoms with Crippen LogP contribution < -0.4 is 0 Å². The van der Waals surface area contributed by atoms with Crippen LogP contribution in [0, 0.1) is 11.8 Å². The summed E-state index contributed by atoms with van der Waals surface area (Å²) in [6.45, 7) is 2.19. The molecule has 0 saturated heterocycles. The molecule has 0 aliphatic rings. The van der Waals surface area contributed by atoms with Gasteiger partial charge in [0.25, 0.3) is 0 Å². The molecule has 0 fully saturated rings. The van der Waals surface area contributed by atoms with Crippen molar-refractivity contribution >= 4 is 21.5 Å². The highest BCUT2D eigenvalue weighted by molar-refractivity contribution is 6.01. The van der Waals surface area contributed by atoms with E-state index in [-0.39, 0.29) is 0 Å². The summed E-state index contributed by atoms with van der Waals surface area (Å²) >= 11 is 0. The van der Waals surface area contributed by atoms with Crippen molar-refractivity contribution in [2.24, 2.45) is 0 Å². The molecule has 114 valence electrons. The fourth-order valence-corrected chi connectivity index (χ4v) is 3.16. The second-order valence-corrected chi connectivity index (χ2v) is 5.99. The first-order chi connectivity index (χ1) is 11.8. The molecule has 0 saturated carbocycles. The van der Waals surface area contributed by atoms with Gasteiger partial charge in [-0.2, -0.15) is 0 Å². The van der Waals surface area contributed by atoms with Gasteiger partial charge in [0.2, 0.25) is 0 Å². The second-order valence-electron chi connectivity index (χ2n) is 5.99. The molecule has 0 aliphatic heterocycles. The van der Waals surface area contributed by atoms with Crippen molar-refractivity contribution in [1.29, 1.82) is 0 Å². The molecule has 0 amide bonds. The number of rotatable bonds is 1. The van der Waals surface area contributed by atoms with Gasteiger partial charge in [0, 0.05) is 11.1 Å². The molecule has 0 N–H and O–H groups in total. The van der Waals surface area contributed by atoms with Crippen LogP contribution in [-0.2, 0) is 6.42 Å². The summed E-state index contributed by atoms with van der Waals surface area (Å²) < 4.78 is 0. The Balaban J connectivity index is 1.98. The van der Waals surface area contributed by atoms with Crippen molar-refractivity contribution in [2.75, 3.05) is 0 Å². The average Bonchev–Trinajstić information content (AvgIpc) is 2.65. The van der Waals surface area contributed by atoms with Crippen LogP contribution >= 0.6 is 0 Å². The molecular formula is C24H18. The highest BCUT2D eigenvalue weighted by Gasteiger charge is 2.06. The van der Waals surface area contributed by atoms with E-state index in [2.05, 4.69) is 79.4 Å². The lowest BCUT2D eigenvalue weighted by Crippen LogP contribution is -1.90. The van der Waals surface area contributed by atoms with Crippen molar-refractivity contribution in [3.05, 3.63) is 95.6 Å². The van der Waals surface area contributed by atoms with Crippen LogP contribution in [-0.4, -0.2) is 0 Å². The van der Waals surface area contributed by atoms with Crippen LogP contribution in [0.5, 0.6) is 0 Å². The molecule has 0 radical (unpaired) electrons. The summed E-state index contributed by atoms with van der Waals surface area (Å²) in [6.07, 6.45) is 0.988. The van der Waals surface area contributed by atoms with Gasteiger partial charge >= 0.3 is 0 Å². The van der Waals surface area contributed by atoms with Gasteiger partial charge in [0.15, 0.2) is 0 Å². The van der Waals surface area contributed by atoms with E-state index in [0.717, 1.165) is 17.5 Å². The van der Waals surface area contributed by atoms with Gasteiger partial charge in [0.1, 0.15) is 0 Å². The van der Waals surface area contributed by atoms with Crippen molar-refractivity contribution in [3.63, 3.8) is 0 Å². The predicted octanol–water partition coefficient (Wildman–Crippen LogP) is 5.96. The lowest BCUT2D eigenvalue weighted by molar-refractivity contribution is 1.14. The Bertz CT molecular complexity index is 1080. The molecule has 0 atom stereocenters. The minimum atomic E-state index is 0.988. The molecule has 0 unspecified atom stereocenters. The smallest absolute Gasteiger partial charge is 0.0359 e. The van der Waals surface area contributed by atoms with Gasteiger partial charge in [-0.05, 0) is 57.8 Å². The maximum absolute atomic E-state index is 3.44. The Kier molecular flexibility index (Phi) is 3.77. The Hall–Kier alpha value is -3.04. The van der Waals surface area contributed by atoms with Crippen molar-refractivity contribution in [2.45, 2.75) is 13.3 Å². The number of benzene rings is 4. The van der Waals surface area contributed by atoms with Gasteiger partial charge in [-0.15, -0.1) is 0 Å². The van der Waals surface area contributed by atoms with E-state index < -0.39 is 0 Å². The van der Waals surface area contributed by atoms with E-state index in [1.807, 2.05) is 18.2 Å². The standard InChI is InChI=1S/C24H18/c1-2-19-13-14-22-16-20-10-6-7-11-21(20)17-24(22)23(19)15-12-18-8-4-3-5-9-18/h3-11,13-14,16-17H,2H2,1H3. The molecule has 0 bridgehead atoms. The molecule has 4 rings (SSSR count). The minimum absolute atomic E-state index is 0.988. The Morgan fingerprint density at radius 1 is 0.667 bits per heavy atom. The summed E-state index contributed by atoms with van der Waals surface area (Å²) in [5.74, 6) is 6.76. The van der Waals surface area contributed by atoms with E-state index in [1.165, 1.54) is 27.1 Å². The number of fused-ring (bicyclic) bond motifs is 2. The topological polar surface area (TPSA) is 0 Å². The van der Waals surface area contributed by atoms with Crippen LogP contribution in [0.3, 0.4) is 0 Å².